The van der Waals surface area contributed by atoms with Gasteiger partial charge in [-0.25, -0.2) is 0 Å². The van der Waals surface area contributed by atoms with E-state index in [-0.39, 0.29) is 5.56 Å². The summed E-state index contributed by atoms with van der Waals surface area (Å²) in [5.74, 6) is 0. The minimum atomic E-state index is 0.0170. The lowest BCUT2D eigenvalue weighted by atomic mass is 10.3. The quantitative estimate of drug-likeness (QED) is 0.765. The van der Waals surface area contributed by atoms with Crippen molar-refractivity contribution in [2.45, 2.75) is 20.4 Å². The lowest BCUT2D eigenvalue weighted by Crippen LogP contribution is -2.19. The van der Waals surface area contributed by atoms with Gasteiger partial charge in [-0.3, -0.25) is 9.78 Å². The molecule has 0 bridgehead atoms. The average molecular weight is 214 g/mol. The molecule has 0 atom stereocenters. The third kappa shape index (κ3) is 2.37. The zero-order valence-corrected chi connectivity index (χ0v) is 9.47. The Morgan fingerprint density at radius 2 is 2.06 bits per heavy atom. The molecule has 0 aliphatic carbocycles. The van der Waals surface area contributed by atoms with E-state index in [0.717, 1.165) is 17.0 Å². The Balaban J connectivity index is 2.31. The van der Waals surface area contributed by atoms with Crippen molar-refractivity contribution < 1.29 is 0 Å². The van der Waals surface area contributed by atoms with Gasteiger partial charge < -0.3 is 4.57 Å². The molecule has 82 valence electrons. The molecule has 2 rings (SSSR count). The van der Waals surface area contributed by atoms with Gasteiger partial charge in [0.05, 0.1) is 12.2 Å². The lowest BCUT2D eigenvalue weighted by molar-refractivity contribution is 0.735. The summed E-state index contributed by atoms with van der Waals surface area (Å²) in [6.45, 7) is 4.39. The normalized spacial score (nSPS) is 10.4. The second kappa shape index (κ2) is 4.31. The molecule has 2 heterocycles. The van der Waals surface area contributed by atoms with E-state index in [0.29, 0.717) is 6.54 Å². The minimum Gasteiger partial charge on any atom is -0.310 e. The molecule has 0 amide bonds. The van der Waals surface area contributed by atoms with Crippen LogP contribution < -0.4 is 5.56 Å². The SMILES string of the molecule is Cc1ccn(Cc2cccc(C)n2)c(=O)c1. The van der Waals surface area contributed by atoms with Crippen molar-refractivity contribution >= 4 is 0 Å². The van der Waals surface area contributed by atoms with Gasteiger partial charge in [-0.05, 0) is 37.6 Å². The number of pyridine rings is 2. The Hall–Kier alpha value is -1.90. The van der Waals surface area contributed by atoms with Crippen molar-refractivity contribution in [3.63, 3.8) is 0 Å². The van der Waals surface area contributed by atoms with Crippen LogP contribution in [0.4, 0.5) is 0 Å². The number of hydrogen-bond acceptors (Lipinski definition) is 2. The predicted octanol–water partition coefficient (Wildman–Crippen LogP) is 1.91. The number of nitrogens with zero attached hydrogens (tertiary/aromatic N) is 2. The summed E-state index contributed by atoms with van der Waals surface area (Å²) in [6.07, 6.45) is 1.81. The Bertz CT molecular complexity index is 558. The van der Waals surface area contributed by atoms with Gasteiger partial charge in [0.2, 0.25) is 0 Å². The van der Waals surface area contributed by atoms with Crippen LogP contribution in [-0.4, -0.2) is 9.55 Å². The molecule has 0 unspecified atom stereocenters. The van der Waals surface area contributed by atoms with Crippen molar-refractivity contribution in [1.29, 1.82) is 0 Å². The highest BCUT2D eigenvalue weighted by molar-refractivity contribution is 5.12. The maximum absolute atomic E-state index is 11.7. The summed E-state index contributed by atoms with van der Waals surface area (Å²) < 4.78 is 1.66. The Kier molecular flexibility index (Phi) is 2.86. The molecule has 0 fully saturated rings. The van der Waals surface area contributed by atoms with Crippen LogP contribution in [-0.2, 0) is 6.54 Å². The first kappa shape index (κ1) is 10.6. The highest BCUT2D eigenvalue weighted by Gasteiger charge is 1.99. The molecule has 0 aliphatic rings. The standard InChI is InChI=1S/C13H14N2O/c1-10-6-7-15(13(16)8-10)9-12-5-3-4-11(2)14-12/h3-8H,9H2,1-2H3. The summed E-state index contributed by atoms with van der Waals surface area (Å²) >= 11 is 0. The summed E-state index contributed by atoms with van der Waals surface area (Å²) in [4.78, 5) is 16.0. The van der Waals surface area contributed by atoms with Crippen molar-refractivity contribution in [3.8, 4) is 0 Å². The van der Waals surface area contributed by atoms with Gasteiger partial charge in [0, 0.05) is 18.0 Å². The largest absolute Gasteiger partial charge is 0.310 e. The fourth-order valence-corrected chi connectivity index (χ4v) is 1.60. The van der Waals surface area contributed by atoms with E-state index >= 15 is 0 Å². The summed E-state index contributed by atoms with van der Waals surface area (Å²) in [6, 6.07) is 9.39. The number of rotatable bonds is 2. The Labute approximate surface area is 94.4 Å². The number of hydrogen-bond donors (Lipinski definition) is 0. The van der Waals surface area contributed by atoms with Gasteiger partial charge >= 0.3 is 0 Å². The highest BCUT2D eigenvalue weighted by atomic mass is 16.1. The first-order valence-corrected chi connectivity index (χ1v) is 5.25. The zero-order chi connectivity index (χ0) is 11.5. The fourth-order valence-electron chi connectivity index (χ4n) is 1.60. The number of aromatic nitrogens is 2. The molecular weight excluding hydrogens is 200 g/mol. The van der Waals surface area contributed by atoms with Crippen LogP contribution in [0.3, 0.4) is 0 Å². The third-order valence-corrected chi connectivity index (χ3v) is 2.43. The molecule has 0 radical (unpaired) electrons. The van der Waals surface area contributed by atoms with Gasteiger partial charge in [-0.2, -0.15) is 0 Å². The Morgan fingerprint density at radius 1 is 1.25 bits per heavy atom. The van der Waals surface area contributed by atoms with Gasteiger partial charge in [0.1, 0.15) is 0 Å². The number of aryl methyl sites for hydroxylation is 2. The first-order chi connectivity index (χ1) is 7.65. The summed E-state index contributed by atoms with van der Waals surface area (Å²) in [5.41, 5.74) is 2.88. The van der Waals surface area contributed by atoms with Gasteiger partial charge in [0.15, 0.2) is 0 Å². The van der Waals surface area contributed by atoms with Crippen molar-refractivity contribution in [2.75, 3.05) is 0 Å². The molecule has 0 N–H and O–H groups in total. The van der Waals surface area contributed by atoms with E-state index in [2.05, 4.69) is 4.98 Å². The van der Waals surface area contributed by atoms with E-state index < -0.39 is 0 Å². The summed E-state index contributed by atoms with van der Waals surface area (Å²) in [7, 11) is 0. The molecule has 0 aliphatic heterocycles. The van der Waals surface area contributed by atoms with E-state index in [1.165, 1.54) is 0 Å². The van der Waals surface area contributed by atoms with E-state index in [1.807, 2.05) is 44.3 Å². The lowest BCUT2D eigenvalue weighted by Gasteiger charge is -2.05. The van der Waals surface area contributed by atoms with E-state index in [4.69, 9.17) is 0 Å². The van der Waals surface area contributed by atoms with Gasteiger partial charge in [-0.15, -0.1) is 0 Å². The van der Waals surface area contributed by atoms with Crippen molar-refractivity contribution in [2.24, 2.45) is 0 Å². The molecule has 0 saturated heterocycles. The molecule has 16 heavy (non-hydrogen) atoms. The molecule has 0 saturated carbocycles. The molecule has 3 heteroatoms. The first-order valence-electron chi connectivity index (χ1n) is 5.25. The van der Waals surface area contributed by atoms with Crippen LogP contribution in [0.1, 0.15) is 17.0 Å². The monoisotopic (exact) mass is 214 g/mol. The molecule has 2 aromatic heterocycles. The van der Waals surface area contributed by atoms with Crippen LogP contribution >= 0.6 is 0 Å². The van der Waals surface area contributed by atoms with Crippen LogP contribution in [0, 0.1) is 13.8 Å². The minimum absolute atomic E-state index is 0.0170. The predicted molar refractivity (Wildman–Crippen MR) is 63.5 cm³/mol. The van der Waals surface area contributed by atoms with Crippen LogP contribution in [0.25, 0.3) is 0 Å². The molecule has 0 aromatic carbocycles. The fraction of sp³-hybridized carbons (Fsp3) is 0.231. The maximum atomic E-state index is 11.7. The molecule has 2 aromatic rings. The topological polar surface area (TPSA) is 34.9 Å². The average Bonchev–Trinajstić information content (AvgIpc) is 2.22. The summed E-state index contributed by atoms with van der Waals surface area (Å²) in [5, 5.41) is 0. The second-order valence-corrected chi connectivity index (χ2v) is 3.94. The molecule has 0 spiro atoms. The van der Waals surface area contributed by atoms with Gasteiger partial charge in [-0.1, -0.05) is 6.07 Å². The zero-order valence-electron chi connectivity index (χ0n) is 9.47. The second-order valence-electron chi connectivity index (χ2n) is 3.94. The van der Waals surface area contributed by atoms with Crippen LogP contribution in [0.5, 0.6) is 0 Å². The van der Waals surface area contributed by atoms with Crippen LogP contribution in [0.2, 0.25) is 0 Å². The van der Waals surface area contributed by atoms with Crippen molar-refractivity contribution in [3.05, 3.63) is 63.8 Å². The highest BCUT2D eigenvalue weighted by Crippen LogP contribution is 2.00. The Morgan fingerprint density at radius 3 is 2.75 bits per heavy atom. The van der Waals surface area contributed by atoms with Crippen LogP contribution in [0.15, 0.2) is 41.3 Å². The molecule has 3 nitrogen and oxygen atoms in total. The molecular formula is C13H14N2O. The van der Waals surface area contributed by atoms with E-state index in [1.54, 1.807) is 10.6 Å². The smallest absolute Gasteiger partial charge is 0.251 e. The van der Waals surface area contributed by atoms with E-state index in [9.17, 15) is 4.79 Å². The van der Waals surface area contributed by atoms with Crippen molar-refractivity contribution in [1.82, 2.24) is 9.55 Å². The van der Waals surface area contributed by atoms with Gasteiger partial charge in [0.25, 0.3) is 5.56 Å². The maximum Gasteiger partial charge on any atom is 0.251 e. The third-order valence-electron chi connectivity index (χ3n) is 2.43.